The Labute approximate surface area is 219 Å². The van der Waals surface area contributed by atoms with Gasteiger partial charge in [0, 0.05) is 17.9 Å². The minimum atomic E-state index is -0.365. The molecule has 3 aromatic rings. The van der Waals surface area contributed by atoms with Crippen LogP contribution in [0.2, 0.25) is 0 Å². The predicted molar refractivity (Wildman–Crippen MR) is 149 cm³/mol. The Morgan fingerprint density at radius 3 is 2.46 bits per heavy atom. The van der Waals surface area contributed by atoms with Crippen LogP contribution in [0.5, 0.6) is 5.75 Å². The van der Waals surface area contributed by atoms with Gasteiger partial charge in [-0.05, 0) is 80.3 Å². The number of rotatable bonds is 16. The monoisotopic (exact) mass is 497 g/mol. The van der Waals surface area contributed by atoms with Crippen molar-refractivity contribution in [2.24, 2.45) is 0 Å². The van der Waals surface area contributed by atoms with Gasteiger partial charge in [-0.15, -0.1) is 0 Å². The van der Waals surface area contributed by atoms with Gasteiger partial charge in [0.05, 0.1) is 24.8 Å². The number of hydrogen-bond donors (Lipinski definition) is 0. The lowest BCUT2D eigenvalue weighted by atomic mass is 10.0. The van der Waals surface area contributed by atoms with E-state index in [1.807, 2.05) is 42.5 Å². The zero-order valence-electron chi connectivity index (χ0n) is 21.4. The summed E-state index contributed by atoms with van der Waals surface area (Å²) < 4.78 is 16.9. The van der Waals surface area contributed by atoms with Crippen molar-refractivity contribution < 1.29 is 13.9 Å². The first-order valence-electron chi connectivity index (χ1n) is 12.9. The Morgan fingerprint density at radius 2 is 1.73 bits per heavy atom. The molecule has 3 rings (SSSR count). The van der Waals surface area contributed by atoms with Crippen LogP contribution in [0.3, 0.4) is 0 Å². The molecule has 1 heterocycles. The van der Waals surface area contributed by atoms with Crippen molar-refractivity contribution in [3.63, 3.8) is 0 Å². The average molecular weight is 498 g/mol. The van der Waals surface area contributed by atoms with E-state index in [9.17, 15) is 4.79 Å². The smallest absolute Gasteiger partial charge is 0.344 e. The number of ether oxygens (including phenoxy) is 2. The summed E-state index contributed by atoms with van der Waals surface area (Å²) in [6, 6.07) is 17.6. The molecule has 192 valence electrons. The zero-order valence-corrected chi connectivity index (χ0v) is 21.4. The van der Waals surface area contributed by atoms with Crippen molar-refractivity contribution in [1.82, 2.24) is 0 Å². The normalized spacial score (nSPS) is 10.9. The third-order valence-corrected chi connectivity index (χ3v) is 5.96. The maximum Gasteiger partial charge on any atom is 0.344 e. The largest absolute Gasteiger partial charge is 0.494 e. The lowest BCUT2D eigenvalue weighted by Crippen LogP contribution is -2.03. The number of unbranched alkanes of at least 4 members (excludes halogenated alkanes) is 4. The van der Waals surface area contributed by atoms with Gasteiger partial charge in [-0.3, -0.25) is 0 Å². The molecule has 0 atom stereocenters. The lowest BCUT2D eigenvalue weighted by Gasteiger charge is -2.08. The van der Waals surface area contributed by atoms with Crippen LogP contribution in [0.25, 0.3) is 22.1 Å². The molecule has 37 heavy (non-hydrogen) atoms. The molecule has 0 unspecified atom stereocenters. The fourth-order valence-electron chi connectivity index (χ4n) is 3.86. The Bertz CT molecular complexity index is 1300. The van der Waals surface area contributed by atoms with Crippen molar-refractivity contribution in [2.45, 2.75) is 51.4 Å². The highest BCUT2D eigenvalue weighted by Crippen LogP contribution is 2.25. The summed E-state index contributed by atoms with van der Waals surface area (Å²) in [5.41, 5.74) is 2.72. The molecule has 0 bridgehead atoms. The molecule has 2 aromatic carbocycles. The molecule has 5 heteroatoms. The van der Waals surface area contributed by atoms with Crippen molar-refractivity contribution in [1.29, 1.82) is 5.26 Å². The fourth-order valence-corrected chi connectivity index (χ4v) is 3.86. The number of nitrogens with zero attached hydrogens (tertiary/aromatic N) is 1. The van der Waals surface area contributed by atoms with Crippen LogP contribution >= 0.6 is 0 Å². The van der Waals surface area contributed by atoms with Crippen molar-refractivity contribution >= 4 is 11.0 Å². The molecule has 0 radical (unpaired) electrons. The molecule has 1 aromatic heterocycles. The summed E-state index contributed by atoms with van der Waals surface area (Å²) in [5.74, 6) is 1.30. The Balaban J connectivity index is 1.47. The molecule has 0 N–H and O–H groups in total. The molecular weight excluding hydrogens is 462 g/mol. The van der Waals surface area contributed by atoms with Crippen LogP contribution < -0.4 is 10.4 Å². The first-order valence-corrected chi connectivity index (χ1v) is 12.9. The van der Waals surface area contributed by atoms with E-state index >= 15 is 0 Å². The van der Waals surface area contributed by atoms with Crippen LogP contribution in [-0.4, -0.2) is 13.2 Å². The molecule has 0 fully saturated rings. The van der Waals surface area contributed by atoms with Crippen LogP contribution in [0.4, 0.5) is 0 Å². The molecule has 0 aliphatic rings. The van der Waals surface area contributed by atoms with Gasteiger partial charge < -0.3 is 13.9 Å². The molecule has 0 saturated heterocycles. The van der Waals surface area contributed by atoms with Gasteiger partial charge in [-0.1, -0.05) is 49.6 Å². The van der Waals surface area contributed by atoms with Crippen molar-refractivity contribution in [2.75, 3.05) is 13.2 Å². The number of aryl methyl sites for hydroxylation is 1. The zero-order chi connectivity index (χ0) is 26.3. The molecule has 0 spiro atoms. The lowest BCUT2D eigenvalue weighted by molar-refractivity contribution is 0.223. The van der Waals surface area contributed by atoms with E-state index in [0.717, 1.165) is 55.9 Å². The minimum absolute atomic E-state index is 0.365. The van der Waals surface area contributed by atoms with E-state index in [0.29, 0.717) is 42.3 Å². The van der Waals surface area contributed by atoms with Crippen molar-refractivity contribution in [3.8, 4) is 22.9 Å². The van der Waals surface area contributed by atoms with Crippen LogP contribution in [0.1, 0.15) is 50.5 Å². The Hall–Kier alpha value is -4.04. The van der Waals surface area contributed by atoms with Crippen LogP contribution in [0.15, 0.2) is 94.9 Å². The first-order chi connectivity index (χ1) is 18.1. The van der Waals surface area contributed by atoms with E-state index < -0.39 is 0 Å². The van der Waals surface area contributed by atoms with Crippen LogP contribution in [0, 0.1) is 11.3 Å². The minimum Gasteiger partial charge on any atom is -0.494 e. The van der Waals surface area contributed by atoms with E-state index in [1.165, 1.54) is 5.56 Å². The van der Waals surface area contributed by atoms with E-state index in [1.54, 1.807) is 12.1 Å². The predicted octanol–water partition coefficient (Wildman–Crippen LogP) is 7.91. The third-order valence-electron chi connectivity index (χ3n) is 5.96. The van der Waals surface area contributed by atoms with Crippen molar-refractivity contribution in [3.05, 3.63) is 102 Å². The highest BCUT2D eigenvalue weighted by molar-refractivity contribution is 5.82. The summed E-state index contributed by atoms with van der Waals surface area (Å²) in [7, 11) is 0. The van der Waals surface area contributed by atoms with E-state index in [4.69, 9.17) is 19.2 Å². The maximum atomic E-state index is 12.7. The third kappa shape index (κ3) is 9.16. The number of benzene rings is 2. The van der Waals surface area contributed by atoms with Gasteiger partial charge in [-0.25, -0.2) is 4.79 Å². The van der Waals surface area contributed by atoms with Gasteiger partial charge in [0.25, 0.3) is 0 Å². The molecular formula is C32H35NO4. The highest BCUT2D eigenvalue weighted by atomic mass is 16.5. The van der Waals surface area contributed by atoms with Gasteiger partial charge in [0.1, 0.15) is 17.1 Å². The van der Waals surface area contributed by atoms with Crippen LogP contribution in [-0.2, 0) is 11.2 Å². The Morgan fingerprint density at radius 1 is 0.973 bits per heavy atom. The molecule has 0 aliphatic heterocycles. The fraction of sp³-hybridized carbons (Fsp3) is 0.312. The summed E-state index contributed by atoms with van der Waals surface area (Å²) in [4.78, 5) is 12.7. The van der Waals surface area contributed by atoms with E-state index in [2.05, 4.69) is 31.4 Å². The summed E-state index contributed by atoms with van der Waals surface area (Å²) in [6.07, 6.45) is 13.1. The molecule has 0 amide bonds. The highest BCUT2D eigenvalue weighted by Gasteiger charge is 2.09. The second kappa shape index (κ2) is 15.2. The second-order valence-electron chi connectivity index (χ2n) is 8.83. The summed E-state index contributed by atoms with van der Waals surface area (Å²) in [6.45, 7) is 8.56. The van der Waals surface area contributed by atoms with E-state index in [-0.39, 0.29) is 5.63 Å². The summed E-state index contributed by atoms with van der Waals surface area (Å²) in [5, 5.41) is 9.50. The van der Waals surface area contributed by atoms with Gasteiger partial charge >= 0.3 is 5.63 Å². The number of nitriles is 1. The average Bonchev–Trinajstić information content (AvgIpc) is 2.92. The maximum absolute atomic E-state index is 12.7. The molecule has 5 nitrogen and oxygen atoms in total. The molecule has 0 aliphatic carbocycles. The second-order valence-corrected chi connectivity index (χ2v) is 8.83. The first kappa shape index (κ1) is 27.5. The van der Waals surface area contributed by atoms with Gasteiger partial charge in [0.15, 0.2) is 0 Å². The summed E-state index contributed by atoms with van der Waals surface area (Å²) >= 11 is 0. The molecule has 0 saturated carbocycles. The SMILES string of the molecule is C=CC(=C)OCCC/C=C/CCCOc1ccc2cc(-c3ccc(CCCCC#N)cc3)c(=O)oc2c1. The standard InChI is InChI=1S/C32H35NO4/c1-3-25(2)35-21-11-6-4-5-7-12-22-36-29-19-18-28-23-30(32(34)37-31(28)24-29)27-16-14-26(15-17-27)13-9-8-10-20-33/h3-5,14-19,23-24H,1-2,6-13,21-22H2/b5-4+. The topological polar surface area (TPSA) is 72.5 Å². The van der Waals surface area contributed by atoms with Gasteiger partial charge in [-0.2, -0.15) is 5.26 Å². The quantitative estimate of drug-likeness (QED) is 0.0661. The number of fused-ring (bicyclic) bond motifs is 1. The number of hydrogen-bond acceptors (Lipinski definition) is 5. The van der Waals surface area contributed by atoms with Gasteiger partial charge in [0.2, 0.25) is 0 Å². The number of allylic oxidation sites excluding steroid dienone is 3. The Kier molecular flexibility index (Phi) is 11.3.